The first-order valence-electron chi connectivity index (χ1n) is 7.64. The molecule has 0 radical (unpaired) electrons. The normalized spacial score (nSPS) is 15.6. The summed E-state index contributed by atoms with van der Waals surface area (Å²) in [5.41, 5.74) is 0.720. The van der Waals surface area contributed by atoms with Gasteiger partial charge in [0, 0.05) is 52.0 Å². The minimum atomic E-state index is -3.53. The number of nitrogens with zero attached hydrogens (tertiary/aromatic N) is 4. The van der Waals surface area contributed by atoms with Crippen molar-refractivity contribution in [3.05, 3.63) is 30.1 Å². The number of carbonyl (C=O) groups excluding carboxylic acids is 2. The first-order chi connectivity index (χ1) is 11.3. The summed E-state index contributed by atoms with van der Waals surface area (Å²) in [6.07, 6.45) is 4.27. The lowest BCUT2D eigenvalue weighted by Gasteiger charge is -2.35. The molecule has 0 atom stereocenters. The van der Waals surface area contributed by atoms with E-state index in [4.69, 9.17) is 0 Å². The quantitative estimate of drug-likeness (QED) is 0.713. The van der Waals surface area contributed by atoms with Crippen LogP contribution in [-0.4, -0.2) is 78.3 Å². The average molecular weight is 354 g/mol. The van der Waals surface area contributed by atoms with Crippen LogP contribution in [0.5, 0.6) is 0 Å². The van der Waals surface area contributed by atoms with E-state index >= 15 is 0 Å². The predicted octanol–water partition coefficient (Wildman–Crippen LogP) is -0.466. The molecule has 2 heterocycles. The fraction of sp³-hybridized carbons (Fsp3) is 0.533. The van der Waals surface area contributed by atoms with Crippen LogP contribution in [0.15, 0.2) is 24.5 Å². The van der Waals surface area contributed by atoms with Gasteiger partial charge < -0.3 is 9.80 Å². The van der Waals surface area contributed by atoms with Crippen LogP contribution in [0.25, 0.3) is 0 Å². The van der Waals surface area contributed by atoms with E-state index in [1.807, 2.05) is 0 Å². The number of sulfonamides is 1. The maximum absolute atomic E-state index is 12.4. The molecule has 2 amide bonds. The van der Waals surface area contributed by atoms with E-state index in [9.17, 15) is 18.0 Å². The molecule has 2 rings (SSSR count). The first-order valence-corrected chi connectivity index (χ1v) is 9.49. The summed E-state index contributed by atoms with van der Waals surface area (Å²) in [7, 11) is -3.53. The summed E-state index contributed by atoms with van der Waals surface area (Å²) in [5.74, 6) is -0.274. The van der Waals surface area contributed by atoms with Crippen molar-refractivity contribution in [3.8, 4) is 0 Å². The van der Waals surface area contributed by atoms with Crippen LogP contribution in [-0.2, 0) is 26.2 Å². The Kier molecular flexibility index (Phi) is 5.89. The molecular weight excluding hydrogens is 332 g/mol. The molecule has 1 fully saturated rings. The number of rotatable bonds is 5. The van der Waals surface area contributed by atoms with Gasteiger partial charge in [0.25, 0.3) is 0 Å². The zero-order valence-electron chi connectivity index (χ0n) is 13.9. The lowest BCUT2D eigenvalue weighted by atomic mass is 10.3. The Labute approximate surface area is 142 Å². The first kappa shape index (κ1) is 18.3. The van der Waals surface area contributed by atoms with E-state index in [2.05, 4.69) is 4.98 Å². The van der Waals surface area contributed by atoms with E-state index < -0.39 is 10.0 Å². The fourth-order valence-corrected chi connectivity index (χ4v) is 3.24. The molecule has 0 aromatic carbocycles. The second-order valence-electron chi connectivity index (χ2n) is 5.78. The summed E-state index contributed by atoms with van der Waals surface area (Å²) < 4.78 is 25.1. The molecule has 0 aliphatic carbocycles. The SMILES string of the molecule is CC(=O)N1CCN(C(=O)CN(Cc2cccnc2)S(C)(=O)=O)CC1. The molecule has 1 aliphatic heterocycles. The maximum atomic E-state index is 12.4. The number of hydrogen-bond acceptors (Lipinski definition) is 5. The molecule has 1 saturated heterocycles. The van der Waals surface area contributed by atoms with Gasteiger partial charge >= 0.3 is 0 Å². The Hall–Kier alpha value is -2.00. The van der Waals surface area contributed by atoms with Gasteiger partial charge in [0.2, 0.25) is 21.8 Å². The van der Waals surface area contributed by atoms with E-state index in [-0.39, 0.29) is 24.9 Å². The highest BCUT2D eigenvalue weighted by Crippen LogP contribution is 2.09. The number of aromatic nitrogens is 1. The van der Waals surface area contributed by atoms with Crippen LogP contribution >= 0.6 is 0 Å². The molecule has 1 aromatic heterocycles. The van der Waals surface area contributed by atoms with Crippen molar-refractivity contribution in [3.63, 3.8) is 0 Å². The molecule has 0 bridgehead atoms. The summed E-state index contributed by atoms with van der Waals surface area (Å²) in [4.78, 5) is 31.0. The molecule has 1 aliphatic rings. The maximum Gasteiger partial charge on any atom is 0.238 e. The molecular formula is C15H22N4O4S. The molecule has 9 heteroatoms. The highest BCUT2D eigenvalue weighted by atomic mass is 32.2. The van der Waals surface area contributed by atoms with Crippen molar-refractivity contribution in [2.75, 3.05) is 39.0 Å². The second kappa shape index (κ2) is 7.71. The van der Waals surface area contributed by atoms with Crippen LogP contribution in [0, 0.1) is 0 Å². The van der Waals surface area contributed by atoms with Crippen LogP contribution in [0.3, 0.4) is 0 Å². The molecule has 0 spiro atoms. The summed E-state index contributed by atoms with van der Waals surface area (Å²) in [6, 6.07) is 3.49. The Morgan fingerprint density at radius 3 is 2.33 bits per heavy atom. The van der Waals surface area contributed by atoms with E-state index in [1.165, 1.54) is 6.92 Å². The van der Waals surface area contributed by atoms with Crippen molar-refractivity contribution < 1.29 is 18.0 Å². The number of pyridine rings is 1. The summed E-state index contributed by atoms with van der Waals surface area (Å²) >= 11 is 0. The van der Waals surface area contributed by atoms with Gasteiger partial charge in [-0.15, -0.1) is 0 Å². The van der Waals surface area contributed by atoms with Gasteiger partial charge in [0.05, 0.1) is 12.8 Å². The van der Waals surface area contributed by atoms with E-state index in [0.717, 1.165) is 16.1 Å². The molecule has 0 unspecified atom stereocenters. The molecule has 8 nitrogen and oxygen atoms in total. The molecule has 0 N–H and O–H groups in total. The predicted molar refractivity (Wildman–Crippen MR) is 88.3 cm³/mol. The standard InChI is InChI=1S/C15H22N4O4S/c1-13(20)17-6-8-18(9-7-17)15(21)12-19(24(2,22)23)11-14-4-3-5-16-10-14/h3-5,10H,6-9,11-12H2,1-2H3. The third-order valence-electron chi connectivity index (χ3n) is 3.94. The zero-order valence-corrected chi connectivity index (χ0v) is 14.7. The summed E-state index contributed by atoms with van der Waals surface area (Å²) in [5, 5.41) is 0. The van der Waals surface area contributed by atoms with Crippen molar-refractivity contribution in [2.45, 2.75) is 13.5 Å². The highest BCUT2D eigenvalue weighted by molar-refractivity contribution is 7.88. The zero-order chi connectivity index (χ0) is 17.7. The van der Waals surface area contributed by atoms with Gasteiger partial charge in [-0.2, -0.15) is 4.31 Å². The van der Waals surface area contributed by atoms with Gasteiger partial charge in [-0.25, -0.2) is 8.42 Å². The summed E-state index contributed by atoms with van der Waals surface area (Å²) in [6.45, 7) is 3.17. The van der Waals surface area contributed by atoms with Crippen molar-refractivity contribution in [2.24, 2.45) is 0 Å². The van der Waals surface area contributed by atoms with Crippen LogP contribution in [0.4, 0.5) is 0 Å². The minimum absolute atomic E-state index is 0.0172. The number of piperazine rings is 1. The monoisotopic (exact) mass is 354 g/mol. The smallest absolute Gasteiger partial charge is 0.238 e. The van der Waals surface area contributed by atoms with Gasteiger partial charge in [-0.3, -0.25) is 14.6 Å². The molecule has 1 aromatic rings. The topological polar surface area (TPSA) is 90.9 Å². The Bertz CT molecular complexity index is 685. The number of hydrogen-bond donors (Lipinski definition) is 0. The molecule has 132 valence electrons. The van der Waals surface area contributed by atoms with Crippen molar-refractivity contribution in [1.82, 2.24) is 19.1 Å². The van der Waals surface area contributed by atoms with E-state index in [1.54, 1.807) is 34.3 Å². The lowest BCUT2D eigenvalue weighted by molar-refractivity contribution is -0.138. The van der Waals surface area contributed by atoms with Gasteiger partial charge in [0.15, 0.2) is 0 Å². The number of amides is 2. The third-order valence-corrected chi connectivity index (χ3v) is 5.14. The van der Waals surface area contributed by atoms with Gasteiger partial charge in [-0.1, -0.05) is 6.07 Å². The van der Waals surface area contributed by atoms with Gasteiger partial charge in [0.1, 0.15) is 0 Å². The van der Waals surface area contributed by atoms with Crippen molar-refractivity contribution in [1.29, 1.82) is 0 Å². The minimum Gasteiger partial charge on any atom is -0.339 e. The van der Waals surface area contributed by atoms with Crippen molar-refractivity contribution >= 4 is 21.8 Å². The highest BCUT2D eigenvalue weighted by Gasteiger charge is 2.26. The largest absolute Gasteiger partial charge is 0.339 e. The average Bonchev–Trinajstić information content (AvgIpc) is 2.54. The third kappa shape index (κ3) is 5.00. The van der Waals surface area contributed by atoms with E-state index in [0.29, 0.717) is 26.2 Å². The van der Waals surface area contributed by atoms with Crippen LogP contribution in [0.2, 0.25) is 0 Å². The molecule has 24 heavy (non-hydrogen) atoms. The Morgan fingerprint density at radius 2 is 1.83 bits per heavy atom. The van der Waals surface area contributed by atoms with Gasteiger partial charge in [-0.05, 0) is 11.6 Å². The van der Waals surface area contributed by atoms with Crippen LogP contribution in [0.1, 0.15) is 12.5 Å². The fourth-order valence-electron chi connectivity index (χ4n) is 2.51. The Balaban J connectivity index is 1.99. The molecule has 0 saturated carbocycles. The second-order valence-corrected chi connectivity index (χ2v) is 7.76. The lowest BCUT2D eigenvalue weighted by Crippen LogP contribution is -2.52. The Morgan fingerprint density at radius 1 is 1.21 bits per heavy atom. The van der Waals surface area contributed by atoms with Crippen LogP contribution < -0.4 is 0 Å². The number of carbonyl (C=O) groups is 2.